The average Bonchev–Trinajstić information content (AvgIpc) is 3.01. The zero-order chi connectivity index (χ0) is 21.6. The van der Waals surface area contributed by atoms with Crippen molar-refractivity contribution in [3.8, 4) is 11.1 Å². The van der Waals surface area contributed by atoms with E-state index in [-0.39, 0.29) is 5.41 Å². The minimum atomic E-state index is 0.0543. The van der Waals surface area contributed by atoms with Gasteiger partial charge in [-0.2, -0.15) is 0 Å². The molecule has 0 spiro atoms. The summed E-state index contributed by atoms with van der Waals surface area (Å²) in [5.74, 6) is 0. The molecule has 0 N–H and O–H groups in total. The summed E-state index contributed by atoms with van der Waals surface area (Å²) in [7, 11) is 0. The van der Waals surface area contributed by atoms with Crippen LogP contribution in [-0.2, 0) is 5.41 Å². The second kappa shape index (κ2) is 9.74. The molecule has 0 radical (unpaired) electrons. The summed E-state index contributed by atoms with van der Waals surface area (Å²) in [5.41, 5.74) is 5.74. The van der Waals surface area contributed by atoms with Crippen molar-refractivity contribution in [2.75, 3.05) is 0 Å². The van der Waals surface area contributed by atoms with Gasteiger partial charge in [-0.05, 0) is 68.1 Å². The smallest absolute Gasteiger partial charge is 0.0159 e. The Labute approximate surface area is 177 Å². The second-order valence-corrected chi connectivity index (χ2v) is 7.11. The molecule has 0 bridgehead atoms. The lowest BCUT2D eigenvalue weighted by atomic mass is 9.81. The minimum absolute atomic E-state index is 0.0543. The van der Waals surface area contributed by atoms with E-state index in [1.54, 1.807) is 0 Å². The van der Waals surface area contributed by atoms with Crippen molar-refractivity contribution in [1.29, 1.82) is 0 Å². The van der Waals surface area contributed by atoms with E-state index in [4.69, 9.17) is 0 Å². The predicted octanol–water partition coefficient (Wildman–Crippen LogP) is 9.38. The Balaban J connectivity index is 0.000000461. The molecule has 0 aliphatic heterocycles. The van der Waals surface area contributed by atoms with Gasteiger partial charge >= 0.3 is 0 Å². The molecule has 4 aromatic carbocycles. The van der Waals surface area contributed by atoms with Crippen LogP contribution in [0.15, 0.2) is 72.8 Å². The fourth-order valence-corrected chi connectivity index (χ4v) is 4.11. The highest BCUT2D eigenvalue weighted by Gasteiger charge is 2.35. The molecule has 0 saturated carbocycles. The highest BCUT2D eigenvalue weighted by atomic mass is 14.4. The fourth-order valence-electron chi connectivity index (χ4n) is 4.11. The second-order valence-electron chi connectivity index (χ2n) is 7.11. The highest BCUT2D eigenvalue weighted by Crippen LogP contribution is 2.50. The molecule has 5 rings (SSSR count). The van der Waals surface area contributed by atoms with Gasteiger partial charge in [0.15, 0.2) is 0 Å². The first-order valence-electron chi connectivity index (χ1n) is 11.2. The molecule has 0 atom stereocenters. The first-order valence-corrected chi connectivity index (χ1v) is 11.2. The van der Waals surface area contributed by atoms with Crippen LogP contribution in [0.2, 0.25) is 0 Å². The Bertz CT molecular complexity index is 996. The van der Waals surface area contributed by atoms with Crippen LogP contribution >= 0.6 is 0 Å². The van der Waals surface area contributed by atoms with E-state index in [2.05, 4.69) is 86.6 Å². The summed E-state index contributed by atoms with van der Waals surface area (Å²) in [6, 6.07) is 26.8. The molecule has 29 heavy (non-hydrogen) atoms. The van der Waals surface area contributed by atoms with E-state index >= 15 is 0 Å². The molecular weight excluding hydrogens is 348 g/mol. The van der Waals surface area contributed by atoms with Crippen molar-refractivity contribution in [3.63, 3.8) is 0 Å². The third-order valence-electron chi connectivity index (χ3n) is 5.41. The first-order chi connectivity index (χ1) is 14.1. The molecule has 0 fully saturated rings. The van der Waals surface area contributed by atoms with Crippen LogP contribution in [0.3, 0.4) is 0 Å². The van der Waals surface area contributed by atoms with Gasteiger partial charge in [0.2, 0.25) is 0 Å². The molecule has 4 aromatic rings. The van der Waals surface area contributed by atoms with Crippen molar-refractivity contribution >= 4 is 21.5 Å². The fraction of sp³-hybridized carbons (Fsp3) is 0.310. The lowest BCUT2D eigenvalue weighted by Gasteiger charge is -2.22. The average molecular weight is 385 g/mol. The van der Waals surface area contributed by atoms with Crippen LogP contribution < -0.4 is 0 Å². The lowest BCUT2D eigenvalue weighted by molar-refractivity contribution is 0.662. The van der Waals surface area contributed by atoms with Crippen molar-refractivity contribution in [2.24, 2.45) is 0 Å². The Hall–Kier alpha value is -2.60. The quantitative estimate of drug-likeness (QED) is 0.283. The summed E-state index contributed by atoms with van der Waals surface area (Å²) in [6.45, 7) is 16.7. The van der Waals surface area contributed by atoms with Crippen LogP contribution in [0.5, 0.6) is 0 Å². The Morgan fingerprint density at radius 3 is 1.03 bits per heavy atom. The number of hydrogen-bond donors (Lipinski definition) is 0. The Kier molecular flexibility index (Phi) is 7.62. The molecule has 1 aliphatic carbocycles. The zero-order valence-electron chi connectivity index (χ0n) is 19.4. The molecule has 0 heteroatoms. The van der Waals surface area contributed by atoms with Crippen LogP contribution in [0.4, 0.5) is 0 Å². The summed E-state index contributed by atoms with van der Waals surface area (Å²) in [6.07, 6.45) is 0. The van der Waals surface area contributed by atoms with Gasteiger partial charge < -0.3 is 0 Å². The van der Waals surface area contributed by atoms with Crippen LogP contribution in [-0.4, -0.2) is 0 Å². The Morgan fingerprint density at radius 1 is 0.448 bits per heavy atom. The van der Waals surface area contributed by atoms with Gasteiger partial charge in [-0.3, -0.25) is 0 Å². The predicted molar refractivity (Wildman–Crippen MR) is 133 cm³/mol. The van der Waals surface area contributed by atoms with Gasteiger partial charge in [0.05, 0.1) is 0 Å². The van der Waals surface area contributed by atoms with Gasteiger partial charge in [-0.15, -0.1) is 0 Å². The number of rotatable bonds is 0. The SMILES string of the molecule is CC.CC.CC.CC1(C)c2cc3ccccc3cc2-c2cc3ccccc3cc21. The largest absolute Gasteiger partial charge is 0.0683 e. The summed E-state index contributed by atoms with van der Waals surface area (Å²) >= 11 is 0. The van der Waals surface area contributed by atoms with Crippen LogP contribution in [0, 0.1) is 0 Å². The van der Waals surface area contributed by atoms with Gasteiger partial charge in [0.1, 0.15) is 0 Å². The zero-order valence-corrected chi connectivity index (χ0v) is 19.4. The molecule has 0 nitrogen and oxygen atoms in total. The number of benzene rings is 4. The van der Waals surface area contributed by atoms with E-state index in [0.717, 1.165) is 0 Å². The maximum absolute atomic E-state index is 2.38. The molecule has 0 heterocycles. The molecule has 1 aliphatic rings. The monoisotopic (exact) mass is 384 g/mol. The van der Waals surface area contributed by atoms with Crippen LogP contribution in [0.1, 0.15) is 66.5 Å². The molecule has 0 saturated heterocycles. The topological polar surface area (TPSA) is 0 Å². The van der Waals surface area contributed by atoms with Gasteiger partial charge in [0, 0.05) is 5.41 Å². The lowest BCUT2D eigenvalue weighted by Crippen LogP contribution is -2.14. The first kappa shape index (κ1) is 22.7. The standard InChI is InChI=1S/C23H18.3C2H6/c1-23(2)21-13-17-9-5-3-7-15(17)11-19(21)20-12-16-8-4-6-10-18(16)14-22(20)23;3*1-2/h3-14H,1-2H3;3*1-2H3. The van der Waals surface area contributed by atoms with Crippen LogP contribution in [0.25, 0.3) is 32.7 Å². The van der Waals surface area contributed by atoms with Crippen molar-refractivity contribution < 1.29 is 0 Å². The van der Waals surface area contributed by atoms with E-state index in [1.165, 1.54) is 43.8 Å². The Morgan fingerprint density at radius 2 is 0.724 bits per heavy atom. The van der Waals surface area contributed by atoms with Crippen molar-refractivity contribution in [3.05, 3.63) is 83.9 Å². The highest BCUT2D eigenvalue weighted by molar-refractivity contribution is 5.97. The maximum Gasteiger partial charge on any atom is 0.0159 e. The maximum atomic E-state index is 2.38. The molecule has 0 amide bonds. The molecule has 152 valence electrons. The third-order valence-corrected chi connectivity index (χ3v) is 5.41. The van der Waals surface area contributed by atoms with E-state index in [0.29, 0.717) is 0 Å². The third kappa shape index (κ3) is 3.94. The van der Waals surface area contributed by atoms with Crippen molar-refractivity contribution in [1.82, 2.24) is 0 Å². The summed E-state index contributed by atoms with van der Waals surface area (Å²) < 4.78 is 0. The van der Waals surface area contributed by atoms with E-state index in [9.17, 15) is 0 Å². The van der Waals surface area contributed by atoms with Crippen molar-refractivity contribution in [2.45, 2.75) is 60.8 Å². The molecular formula is C29H36. The van der Waals surface area contributed by atoms with Gasteiger partial charge in [0.25, 0.3) is 0 Å². The van der Waals surface area contributed by atoms with E-state index in [1.807, 2.05) is 41.5 Å². The summed E-state index contributed by atoms with van der Waals surface area (Å²) in [4.78, 5) is 0. The normalized spacial score (nSPS) is 12.4. The molecule has 0 aromatic heterocycles. The van der Waals surface area contributed by atoms with Gasteiger partial charge in [-0.25, -0.2) is 0 Å². The molecule has 0 unspecified atom stereocenters. The minimum Gasteiger partial charge on any atom is -0.0683 e. The number of fused-ring (bicyclic) bond motifs is 5. The van der Waals surface area contributed by atoms with Gasteiger partial charge in [-0.1, -0.05) is 104 Å². The number of hydrogen-bond acceptors (Lipinski definition) is 0. The van der Waals surface area contributed by atoms with E-state index < -0.39 is 0 Å². The summed E-state index contributed by atoms with van der Waals surface area (Å²) in [5, 5.41) is 5.31.